The number of fused-ring (bicyclic) bond motifs is 1. The SMILES string of the molecule is Cc1cccc(CSc2nc(=O)c3c(n2C)NC(=O)CC3c2ccc(F)cc2F)c1. The van der Waals surface area contributed by atoms with Gasteiger partial charge in [-0.15, -0.1) is 0 Å². The van der Waals surface area contributed by atoms with Gasteiger partial charge in [0.05, 0.1) is 5.56 Å². The Morgan fingerprint density at radius 3 is 2.73 bits per heavy atom. The average Bonchev–Trinajstić information content (AvgIpc) is 2.69. The first kappa shape index (κ1) is 20.3. The van der Waals surface area contributed by atoms with Crippen molar-refractivity contribution in [2.24, 2.45) is 7.05 Å². The van der Waals surface area contributed by atoms with E-state index in [4.69, 9.17) is 0 Å². The third-order valence-electron chi connectivity index (χ3n) is 5.09. The smallest absolute Gasteiger partial charge is 0.279 e. The number of hydrogen-bond acceptors (Lipinski definition) is 4. The molecule has 0 spiro atoms. The molecule has 154 valence electrons. The lowest BCUT2D eigenvalue weighted by molar-refractivity contribution is -0.116. The average molecular weight is 427 g/mol. The number of amides is 1. The summed E-state index contributed by atoms with van der Waals surface area (Å²) in [6.07, 6.45) is -0.109. The minimum Gasteiger partial charge on any atom is -0.312 e. The summed E-state index contributed by atoms with van der Waals surface area (Å²) in [5.41, 5.74) is 2.01. The molecule has 1 aliphatic heterocycles. The Bertz CT molecular complexity index is 1210. The Morgan fingerprint density at radius 2 is 2.00 bits per heavy atom. The molecule has 1 N–H and O–H groups in total. The van der Waals surface area contributed by atoms with E-state index in [-0.39, 0.29) is 23.5 Å². The standard InChI is InChI=1S/C22H19F2N3O2S/c1-12-4-3-5-13(8-12)11-30-22-26-21(29)19-16(10-18(28)25-20(19)27(22)2)15-7-6-14(23)9-17(15)24/h3-9,16H,10-11H2,1-2H3,(H,25,28). The number of nitrogens with one attached hydrogen (secondary N) is 1. The van der Waals surface area contributed by atoms with Crippen LogP contribution in [0.4, 0.5) is 14.6 Å². The van der Waals surface area contributed by atoms with E-state index in [0.717, 1.165) is 23.3 Å². The molecule has 4 rings (SSSR count). The van der Waals surface area contributed by atoms with Gasteiger partial charge in [0.2, 0.25) is 5.91 Å². The zero-order chi connectivity index (χ0) is 21.4. The van der Waals surface area contributed by atoms with Crippen molar-refractivity contribution < 1.29 is 13.6 Å². The zero-order valence-corrected chi connectivity index (χ0v) is 17.2. The van der Waals surface area contributed by atoms with Gasteiger partial charge in [-0.3, -0.25) is 9.59 Å². The van der Waals surface area contributed by atoms with Gasteiger partial charge in [0, 0.05) is 31.2 Å². The molecule has 0 fully saturated rings. The molecule has 1 amide bonds. The Labute approximate surface area is 176 Å². The van der Waals surface area contributed by atoms with Crippen molar-refractivity contribution in [3.05, 3.63) is 86.7 Å². The second-order valence-electron chi connectivity index (χ2n) is 7.27. The lowest BCUT2D eigenvalue weighted by Gasteiger charge is -2.27. The number of hydrogen-bond donors (Lipinski definition) is 1. The maximum atomic E-state index is 14.4. The molecule has 0 bridgehead atoms. The van der Waals surface area contributed by atoms with Crippen molar-refractivity contribution in [3.8, 4) is 0 Å². The first-order valence-corrected chi connectivity index (χ1v) is 10.4. The third-order valence-corrected chi connectivity index (χ3v) is 6.19. The van der Waals surface area contributed by atoms with Crippen LogP contribution in [0, 0.1) is 18.6 Å². The van der Waals surface area contributed by atoms with Gasteiger partial charge in [-0.25, -0.2) is 8.78 Å². The van der Waals surface area contributed by atoms with Crippen LogP contribution in [0.1, 0.15) is 34.6 Å². The lowest BCUT2D eigenvalue weighted by atomic mass is 9.86. The van der Waals surface area contributed by atoms with Crippen LogP contribution in [0.2, 0.25) is 0 Å². The van der Waals surface area contributed by atoms with Crippen LogP contribution in [0.3, 0.4) is 0 Å². The molecule has 30 heavy (non-hydrogen) atoms. The van der Waals surface area contributed by atoms with Crippen LogP contribution in [-0.4, -0.2) is 15.5 Å². The molecule has 0 radical (unpaired) electrons. The summed E-state index contributed by atoms with van der Waals surface area (Å²) in [4.78, 5) is 29.4. The summed E-state index contributed by atoms with van der Waals surface area (Å²) in [6, 6.07) is 11.2. The van der Waals surface area contributed by atoms with E-state index in [2.05, 4.69) is 16.4 Å². The molecule has 1 aromatic heterocycles. The summed E-state index contributed by atoms with van der Waals surface area (Å²) < 4.78 is 29.4. The molecular weight excluding hydrogens is 408 g/mol. The molecule has 0 saturated heterocycles. The minimum absolute atomic E-state index is 0.103. The van der Waals surface area contributed by atoms with Crippen LogP contribution in [0.15, 0.2) is 52.4 Å². The Balaban J connectivity index is 1.74. The van der Waals surface area contributed by atoms with Crippen molar-refractivity contribution in [3.63, 3.8) is 0 Å². The van der Waals surface area contributed by atoms with Crippen LogP contribution in [-0.2, 0) is 17.6 Å². The van der Waals surface area contributed by atoms with Gasteiger partial charge in [-0.1, -0.05) is 47.7 Å². The number of nitrogens with zero attached hydrogens (tertiary/aromatic N) is 2. The fourth-order valence-corrected chi connectivity index (χ4v) is 4.57. The van der Waals surface area contributed by atoms with Gasteiger partial charge in [-0.05, 0) is 24.1 Å². The van der Waals surface area contributed by atoms with Gasteiger partial charge >= 0.3 is 0 Å². The van der Waals surface area contributed by atoms with Crippen molar-refractivity contribution in [1.29, 1.82) is 0 Å². The Hall–Kier alpha value is -3.00. The van der Waals surface area contributed by atoms with Gasteiger partial charge in [-0.2, -0.15) is 4.98 Å². The van der Waals surface area contributed by atoms with E-state index in [1.165, 1.54) is 17.8 Å². The Kier molecular flexibility index (Phi) is 5.42. The van der Waals surface area contributed by atoms with Crippen LogP contribution in [0.5, 0.6) is 0 Å². The predicted octanol–water partition coefficient (Wildman–Crippen LogP) is 4.13. The summed E-state index contributed by atoms with van der Waals surface area (Å²) in [5, 5.41) is 3.17. The predicted molar refractivity (Wildman–Crippen MR) is 112 cm³/mol. The fourth-order valence-electron chi connectivity index (χ4n) is 3.66. The highest BCUT2D eigenvalue weighted by atomic mass is 32.2. The maximum absolute atomic E-state index is 14.4. The number of halogens is 2. The molecular formula is C22H19F2N3O2S. The number of carbonyl (C=O) groups excluding carboxylic acids is 1. The van der Waals surface area contributed by atoms with Gasteiger partial charge in [0.1, 0.15) is 17.5 Å². The summed E-state index contributed by atoms with van der Waals surface area (Å²) >= 11 is 1.38. The van der Waals surface area contributed by atoms with Gasteiger partial charge in [0.25, 0.3) is 5.56 Å². The van der Waals surface area contributed by atoms with E-state index in [1.807, 2.05) is 25.1 Å². The van der Waals surface area contributed by atoms with Crippen molar-refractivity contribution in [2.75, 3.05) is 5.32 Å². The number of benzene rings is 2. The quantitative estimate of drug-likeness (QED) is 0.502. The second-order valence-corrected chi connectivity index (χ2v) is 8.21. The summed E-state index contributed by atoms with van der Waals surface area (Å²) in [7, 11) is 1.70. The lowest BCUT2D eigenvalue weighted by Crippen LogP contribution is -2.33. The van der Waals surface area contributed by atoms with E-state index >= 15 is 0 Å². The second kappa shape index (κ2) is 8.02. The number of anilines is 1. The monoisotopic (exact) mass is 427 g/mol. The van der Waals surface area contributed by atoms with Gasteiger partial charge < -0.3 is 9.88 Å². The number of thioether (sulfide) groups is 1. The summed E-state index contributed by atoms with van der Waals surface area (Å²) in [5.74, 6) is -1.77. The van der Waals surface area contributed by atoms with E-state index in [0.29, 0.717) is 16.7 Å². The van der Waals surface area contributed by atoms with E-state index in [1.54, 1.807) is 11.6 Å². The molecule has 0 aliphatic carbocycles. The molecule has 8 heteroatoms. The van der Waals surface area contributed by atoms with Crippen LogP contribution in [0.25, 0.3) is 0 Å². The minimum atomic E-state index is -0.823. The first-order chi connectivity index (χ1) is 14.3. The van der Waals surface area contributed by atoms with Crippen LogP contribution >= 0.6 is 11.8 Å². The molecule has 5 nitrogen and oxygen atoms in total. The molecule has 3 aromatic rings. The number of carbonyl (C=O) groups is 1. The Morgan fingerprint density at radius 1 is 1.20 bits per heavy atom. The van der Waals surface area contributed by atoms with Crippen molar-refractivity contribution >= 4 is 23.5 Å². The largest absolute Gasteiger partial charge is 0.312 e. The highest BCUT2D eigenvalue weighted by molar-refractivity contribution is 7.98. The number of aryl methyl sites for hydroxylation is 1. The zero-order valence-electron chi connectivity index (χ0n) is 16.4. The summed E-state index contributed by atoms with van der Waals surface area (Å²) in [6.45, 7) is 2.01. The van der Waals surface area contributed by atoms with Gasteiger partial charge in [0.15, 0.2) is 5.16 Å². The third kappa shape index (κ3) is 3.87. The molecule has 1 unspecified atom stereocenters. The van der Waals surface area contributed by atoms with Crippen LogP contribution < -0.4 is 10.9 Å². The number of aromatic nitrogens is 2. The van der Waals surface area contributed by atoms with E-state index in [9.17, 15) is 18.4 Å². The number of rotatable bonds is 4. The molecule has 2 heterocycles. The fraction of sp³-hybridized carbons (Fsp3) is 0.227. The topological polar surface area (TPSA) is 64.0 Å². The maximum Gasteiger partial charge on any atom is 0.279 e. The molecule has 2 aromatic carbocycles. The highest BCUT2D eigenvalue weighted by Crippen LogP contribution is 2.37. The molecule has 1 aliphatic rings. The molecule has 0 saturated carbocycles. The van der Waals surface area contributed by atoms with E-state index < -0.39 is 23.1 Å². The highest BCUT2D eigenvalue weighted by Gasteiger charge is 2.33. The first-order valence-electron chi connectivity index (χ1n) is 9.37. The normalized spacial score (nSPS) is 15.6. The van der Waals surface area contributed by atoms with Crippen molar-refractivity contribution in [1.82, 2.24) is 9.55 Å². The van der Waals surface area contributed by atoms with Crippen molar-refractivity contribution in [2.45, 2.75) is 30.2 Å². The molecule has 1 atom stereocenters.